The molecule has 44 heavy (non-hydrogen) atoms. The third-order valence-corrected chi connectivity index (χ3v) is 4.72. The summed E-state index contributed by atoms with van der Waals surface area (Å²) in [7, 11) is 0. The molecule has 20 heteroatoms. The molecule has 6 N–H and O–H groups in total. The van der Waals surface area contributed by atoms with Gasteiger partial charge in [0.2, 0.25) is 0 Å². The van der Waals surface area contributed by atoms with Gasteiger partial charge in [-0.25, -0.2) is 28.8 Å². The van der Waals surface area contributed by atoms with Crippen LogP contribution in [0.3, 0.4) is 0 Å². The molecule has 0 aliphatic heterocycles. The zero-order chi connectivity index (χ0) is 32.6. The van der Waals surface area contributed by atoms with E-state index < -0.39 is 104 Å². The number of carboxylic acids is 6. The maximum atomic E-state index is 11.0. The van der Waals surface area contributed by atoms with Crippen LogP contribution in [0.25, 0.3) is 0 Å². The fourth-order valence-electron chi connectivity index (χ4n) is 2.70. The van der Waals surface area contributed by atoms with Crippen LogP contribution in [-0.4, -0.2) is 66.5 Å². The van der Waals surface area contributed by atoms with Crippen LogP contribution in [0.5, 0.6) is 34.5 Å². The Bertz CT molecular complexity index is 1310. The van der Waals surface area contributed by atoms with Gasteiger partial charge >= 0.3 is 70.0 Å². The number of carbonyl (C=O) groups is 6. The van der Waals surface area contributed by atoms with Crippen molar-refractivity contribution in [2.24, 2.45) is 0 Å². The molecule has 3 rings (SSSR count). The summed E-state index contributed by atoms with van der Waals surface area (Å²) < 4.78 is 0. The average Bonchev–Trinajstić information content (AvgIpc) is 2.88. The molecule has 0 aliphatic rings. The Morgan fingerprint density at radius 3 is 0.477 bits per heavy atom. The molecule has 0 spiro atoms. The van der Waals surface area contributed by atoms with E-state index in [0.29, 0.717) is 0 Å². The summed E-state index contributed by atoms with van der Waals surface area (Å²) in [5.74, 6) is -17.2. The standard InChI is InChI=1S/3C8H6O6.2Fe/c3*9-5-3(7(11)12)1-2-4(6(5)10)8(13)14;;/h3*1-2,9-10H,(H,11,12)(H,13,14);;/q;;;2*+3/p-6. The third kappa shape index (κ3) is 9.43. The Hall–Kier alpha value is -5.68. The summed E-state index contributed by atoms with van der Waals surface area (Å²) >= 11 is 0. The van der Waals surface area contributed by atoms with Crippen LogP contribution in [0.2, 0.25) is 0 Å². The Labute approximate surface area is 263 Å². The zero-order valence-corrected chi connectivity index (χ0v) is 23.0. The predicted octanol–water partition coefficient (Wildman–Crippen LogP) is -2.31. The maximum Gasteiger partial charge on any atom is 3.00 e. The molecule has 0 saturated carbocycles. The summed E-state index contributed by atoms with van der Waals surface area (Å²) in [5, 5.41) is 116. The van der Waals surface area contributed by atoms with Gasteiger partial charge in [0.1, 0.15) is 0 Å². The molecule has 2 radical (unpaired) electrons. The summed E-state index contributed by atoms with van der Waals surface area (Å²) in [6.45, 7) is 0. The van der Waals surface area contributed by atoms with Crippen LogP contribution >= 0.6 is 0 Å². The maximum absolute atomic E-state index is 11.0. The molecule has 0 amide bonds. The molecule has 0 aromatic heterocycles. The van der Waals surface area contributed by atoms with Crippen molar-refractivity contribution in [1.29, 1.82) is 0 Å². The second kappa shape index (κ2) is 16.7. The van der Waals surface area contributed by atoms with E-state index in [1.165, 1.54) is 0 Å². The molecule has 18 nitrogen and oxygen atoms in total. The first-order valence-corrected chi connectivity index (χ1v) is 10.3. The van der Waals surface area contributed by atoms with Crippen LogP contribution < -0.4 is 30.6 Å². The summed E-state index contributed by atoms with van der Waals surface area (Å²) in [6.07, 6.45) is 0. The van der Waals surface area contributed by atoms with E-state index >= 15 is 0 Å². The summed E-state index contributed by atoms with van der Waals surface area (Å²) in [5.41, 5.74) is -4.33. The predicted molar refractivity (Wildman–Crippen MR) is 118 cm³/mol. The third-order valence-electron chi connectivity index (χ3n) is 4.72. The largest absolute Gasteiger partial charge is 3.00 e. The Morgan fingerprint density at radius 2 is 0.409 bits per heavy atom. The van der Waals surface area contributed by atoms with E-state index in [1.54, 1.807) is 0 Å². The molecule has 0 unspecified atom stereocenters. The van der Waals surface area contributed by atoms with Crippen molar-refractivity contribution in [2.45, 2.75) is 0 Å². The van der Waals surface area contributed by atoms with E-state index in [9.17, 15) is 59.4 Å². The van der Waals surface area contributed by atoms with Crippen molar-refractivity contribution in [1.82, 2.24) is 0 Å². The average molecular weight is 700 g/mol. The van der Waals surface area contributed by atoms with Gasteiger partial charge in [0.15, 0.2) is 0 Å². The second-order valence-corrected chi connectivity index (χ2v) is 7.29. The molecule has 0 bridgehead atoms. The minimum Gasteiger partial charge on any atom is -0.872 e. The van der Waals surface area contributed by atoms with Gasteiger partial charge < -0.3 is 61.3 Å². The fraction of sp³-hybridized carbons (Fsp3) is 0. The number of hydrogen-bond acceptors (Lipinski definition) is 12. The molecule has 3 aromatic rings. The SMILES string of the molecule is O=C(O)c1ccc(C(=O)O)c([O-])c1[O-].O=C(O)c1ccc(C(=O)O)c([O-])c1[O-].O=C(O)c1ccc(C(=O)O)c([O-])c1[O-].[Fe+3].[Fe+3]. The van der Waals surface area contributed by atoms with E-state index in [0.717, 1.165) is 36.4 Å². The quantitative estimate of drug-likeness (QED) is 0.147. The van der Waals surface area contributed by atoms with E-state index in [1.807, 2.05) is 0 Å². The van der Waals surface area contributed by atoms with Gasteiger partial charge in [-0.2, -0.15) is 0 Å². The first-order chi connectivity index (χ1) is 19.3. The molecule has 3 aromatic carbocycles. The van der Waals surface area contributed by atoms with Crippen LogP contribution in [0.15, 0.2) is 36.4 Å². The number of carboxylic acid groups (broad SMARTS) is 6. The molecule has 0 aliphatic carbocycles. The first-order valence-electron chi connectivity index (χ1n) is 10.3. The van der Waals surface area contributed by atoms with Crippen molar-refractivity contribution < 1.29 is 124 Å². The Morgan fingerprint density at radius 1 is 0.318 bits per heavy atom. The second-order valence-electron chi connectivity index (χ2n) is 7.29. The van der Waals surface area contributed by atoms with Gasteiger partial charge in [-0.05, 0) is 36.4 Å². The van der Waals surface area contributed by atoms with Crippen molar-refractivity contribution in [3.63, 3.8) is 0 Å². The van der Waals surface area contributed by atoms with Gasteiger partial charge in [-0.1, -0.05) is 0 Å². The molecular weight excluding hydrogens is 688 g/mol. The first kappa shape index (κ1) is 40.5. The molecule has 232 valence electrons. The van der Waals surface area contributed by atoms with E-state index in [2.05, 4.69) is 0 Å². The van der Waals surface area contributed by atoms with E-state index in [4.69, 9.17) is 30.6 Å². The van der Waals surface area contributed by atoms with E-state index in [-0.39, 0.29) is 34.1 Å². The minimum atomic E-state index is -1.55. The van der Waals surface area contributed by atoms with Crippen molar-refractivity contribution in [3.8, 4) is 34.5 Å². The van der Waals surface area contributed by atoms with Gasteiger partial charge in [0, 0.05) is 0 Å². The van der Waals surface area contributed by atoms with Gasteiger partial charge in [0.25, 0.3) is 0 Å². The molecule has 0 heterocycles. The van der Waals surface area contributed by atoms with Crippen LogP contribution in [-0.2, 0) is 34.1 Å². The summed E-state index contributed by atoms with van der Waals surface area (Å²) in [6, 6.07) is 4.81. The molecule has 0 saturated heterocycles. The zero-order valence-electron chi connectivity index (χ0n) is 20.8. The minimum absolute atomic E-state index is 0. The van der Waals surface area contributed by atoms with Crippen molar-refractivity contribution in [2.75, 3.05) is 0 Å². The number of hydrogen-bond donors (Lipinski definition) is 6. The summed E-state index contributed by atoms with van der Waals surface area (Å²) in [4.78, 5) is 62.2. The number of benzene rings is 3. The molecular formula is C24H12Fe2O18. The molecule has 0 atom stereocenters. The molecule has 0 fully saturated rings. The van der Waals surface area contributed by atoms with Crippen LogP contribution in [0.4, 0.5) is 0 Å². The number of rotatable bonds is 6. The Balaban J connectivity index is 0. The van der Waals surface area contributed by atoms with Crippen molar-refractivity contribution >= 4 is 35.8 Å². The number of aromatic carboxylic acids is 6. The smallest absolute Gasteiger partial charge is 0.872 e. The fourth-order valence-corrected chi connectivity index (χ4v) is 2.70. The monoisotopic (exact) mass is 700 g/mol. The van der Waals surface area contributed by atoms with Crippen LogP contribution in [0.1, 0.15) is 62.1 Å². The topological polar surface area (TPSA) is 362 Å². The van der Waals surface area contributed by atoms with Crippen molar-refractivity contribution in [3.05, 3.63) is 69.8 Å². The van der Waals surface area contributed by atoms with Gasteiger partial charge in [-0.15, -0.1) is 34.5 Å². The van der Waals surface area contributed by atoms with Gasteiger partial charge in [0.05, 0.1) is 33.4 Å². The Kier molecular flexibility index (Phi) is 15.3. The van der Waals surface area contributed by atoms with Gasteiger partial charge in [-0.3, -0.25) is 0 Å². The van der Waals surface area contributed by atoms with Crippen LogP contribution in [0, 0.1) is 0 Å². The normalized spacial score (nSPS) is 9.27.